The maximum absolute atomic E-state index is 12.6. The number of ether oxygens (including phenoxy) is 2. The number of unbranched alkanes of at least 4 members (excludes halogenated alkanes) is 25. The van der Waals surface area contributed by atoms with E-state index in [4.69, 9.17) is 29.4 Å². The van der Waals surface area contributed by atoms with E-state index in [2.05, 4.69) is 13.8 Å². The van der Waals surface area contributed by atoms with Gasteiger partial charge in [-0.15, -0.1) is 0 Å². The van der Waals surface area contributed by atoms with E-state index in [0.717, 1.165) is 38.5 Å². The molecule has 292 valence electrons. The highest BCUT2D eigenvalue weighted by atomic mass is 31.2. The molecule has 0 aliphatic heterocycles. The number of rotatable bonds is 39. The normalized spacial score (nSPS) is 14.0. The zero-order valence-electron chi connectivity index (χ0n) is 31.6. The van der Waals surface area contributed by atoms with Crippen molar-refractivity contribution in [2.45, 2.75) is 206 Å². The summed E-state index contributed by atoms with van der Waals surface area (Å²) in [4.78, 5) is 33.4. The van der Waals surface area contributed by atoms with Crippen LogP contribution in [0.2, 0.25) is 0 Å². The molecule has 0 fully saturated rings. The molecule has 0 amide bonds. The van der Waals surface area contributed by atoms with Crippen molar-refractivity contribution in [3.8, 4) is 0 Å². The lowest BCUT2D eigenvalue weighted by Crippen LogP contribution is -2.34. The summed E-state index contributed by atoms with van der Waals surface area (Å²) in [7, 11) is -4.60. The molecule has 0 saturated heterocycles. The average Bonchev–Trinajstić information content (AvgIpc) is 3.07. The largest absolute Gasteiger partial charge is 0.480 e. The van der Waals surface area contributed by atoms with E-state index in [9.17, 15) is 19.0 Å². The fourth-order valence-corrected chi connectivity index (χ4v) is 6.50. The number of carbonyl (C=O) groups excluding carboxylic acids is 1. The molecule has 10 nitrogen and oxygen atoms in total. The monoisotopic (exact) mass is 722 g/mol. The maximum Gasteiger partial charge on any atom is 0.472 e. The number of hydrogen-bond donors (Lipinski definition) is 3. The molecule has 0 heterocycles. The van der Waals surface area contributed by atoms with E-state index in [1.165, 1.54) is 135 Å². The molecule has 0 saturated carbocycles. The molecule has 0 spiro atoms. The third-order valence-corrected chi connectivity index (χ3v) is 9.84. The van der Waals surface area contributed by atoms with Crippen molar-refractivity contribution in [2.24, 2.45) is 5.73 Å². The van der Waals surface area contributed by atoms with Crippen LogP contribution in [-0.2, 0) is 32.7 Å². The topological polar surface area (TPSA) is 155 Å². The van der Waals surface area contributed by atoms with E-state index in [0.29, 0.717) is 6.61 Å². The molecule has 49 heavy (non-hydrogen) atoms. The van der Waals surface area contributed by atoms with Gasteiger partial charge in [0, 0.05) is 13.0 Å². The number of esters is 1. The number of carbonyl (C=O) groups is 2. The second-order valence-corrected chi connectivity index (χ2v) is 15.2. The van der Waals surface area contributed by atoms with Crippen LogP contribution in [0, 0.1) is 0 Å². The summed E-state index contributed by atoms with van der Waals surface area (Å²) < 4.78 is 33.2. The Hall–Kier alpha value is -1.03. The van der Waals surface area contributed by atoms with Gasteiger partial charge in [-0.2, -0.15) is 0 Å². The van der Waals surface area contributed by atoms with E-state index in [-0.39, 0.29) is 13.0 Å². The first-order chi connectivity index (χ1) is 23.7. The van der Waals surface area contributed by atoms with Crippen LogP contribution in [0.15, 0.2) is 0 Å². The molecule has 0 aromatic rings. The fraction of sp³-hybridized carbons (Fsp3) is 0.947. The van der Waals surface area contributed by atoms with Crippen LogP contribution >= 0.6 is 7.82 Å². The summed E-state index contributed by atoms with van der Waals surface area (Å²) in [6.45, 7) is 3.91. The molecular formula is C38H76NO9P. The molecule has 0 aliphatic rings. The first kappa shape index (κ1) is 48.0. The number of carboxylic acids is 1. The SMILES string of the molecule is CCCCCCCCCCCCCCCCC(=O)OC(COCCCCCCCCCCCCCCC)COP(=O)(O)OCC(N)C(=O)O. The van der Waals surface area contributed by atoms with Gasteiger partial charge in [-0.1, -0.05) is 174 Å². The Labute approximate surface area is 299 Å². The molecule has 0 aromatic heterocycles. The molecule has 4 N–H and O–H groups in total. The Bertz CT molecular complexity index is 801. The Morgan fingerprint density at radius 1 is 0.571 bits per heavy atom. The number of phosphoric acid groups is 1. The van der Waals surface area contributed by atoms with Crippen LogP contribution < -0.4 is 5.73 Å². The summed E-state index contributed by atoms with van der Waals surface area (Å²) in [5.41, 5.74) is 5.34. The smallest absolute Gasteiger partial charge is 0.472 e. The maximum atomic E-state index is 12.6. The standard InChI is InChI=1S/C38H76NO9P/c1-3-5-7-9-11-13-15-17-18-20-22-24-26-28-30-37(40)48-35(33-46-49(43,44)47-34-36(39)38(41)42)32-45-31-29-27-25-23-21-19-16-14-12-10-8-6-4-2/h35-36H,3-34,39H2,1-2H3,(H,41,42)(H,43,44). The summed E-state index contributed by atoms with van der Waals surface area (Å²) in [6, 6.07) is -1.47. The van der Waals surface area contributed by atoms with Crippen molar-refractivity contribution in [1.82, 2.24) is 0 Å². The Morgan fingerprint density at radius 3 is 1.35 bits per heavy atom. The quantitative estimate of drug-likeness (QED) is 0.0317. The molecule has 3 atom stereocenters. The van der Waals surface area contributed by atoms with Crippen molar-refractivity contribution in [1.29, 1.82) is 0 Å². The molecular weight excluding hydrogens is 645 g/mol. The lowest BCUT2D eigenvalue weighted by Gasteiger charge is -2.20. The molecule has 0 aliphatic carbocycles. The van der Waals surface area contributed by atoms with Crippen molar-refractivity contribution in [3.05, 3.63) is 0 Å². The first-order valence-corrected chi connectivity index (χ1v) is 21.6. The highest BCUT2D eigenvalue weighted by Gasteiger charge is 2.27. The van der Waals surface area contributed by atoms with Crippen molar-refractivity contribution in [2.75, 3.05) is 26.4 Å². The lowest BCUT2D eigenvalue weighted by atomic mass is 10.0. The van der Waals surface area contributed by atoms with E-state index >= 15 is 0 Å². The second kappa shape index (κ2) is 35.4. The zero-order chi connectivity index (χ0) is 36.3. The van der Waals surface area contributed by atoms with Crippen molar-refractivity contribution in [3.63, 3.8) is 0 Å². The van der Waals surface area contributed by atoms with Gasteiger partial charge in [0.05, 0.1) is 19.8 Å². The summed E-state index contributed by atoms with van der Waals surface area (Å²) >= 11 is 0. The predicted molar refractivity (Wildman–Crippen MR) is 199 cm³/mol. The minimum Gasteiger partial charge on any atom is -0.480 e. The molecule has 11 heteroatoms. The number of hydrogen-bond acceptors (Lipinski definition) is 8. The van der Waals surface area contributed by atoms with Gasteiger partial charge in [-0.25, -0.2) is 4.57 Å². The van der Waals surface area contributed by atoms with Gasteiger partial charge in [-0.3, -0.25) is 18.6 Å². The van der Waals surface area contributed by atoms with Crippen LogP contribution in [0.4, 0.5) is 0 Å². The first-order valence-electron chi connectivity index (χ1n) is 20.1. The molecule has 0 radical (unpaired) electrons. The van der Waals surface area contributed by atoms with Crippen molar-refractivity contribution < 1.29 is 42.7 Å². The highest BCUT2D eigenvalue weighted by Crippen LogP contribution is 2.43. The van der Waals surface area contributed by atoms with Gasteiger partial charge in [-0.05, 0) is 12.8 Å². The Balaban J connectivity index is 4.24. The molecule has 0 bridgehead atoms. The zero-order valence-corrected chi connectivity index (χ0v) is 32.5. The highest BCUT2D eigenvalue weighted by molar-refractivity contribution is 7.47. The molecule has 3 unspecified atom stereocenters. The van der Waals surface area contributed by atoms with Crippen LogP contribution in [0.3, 0.4) is 0 Å². The van der Waals surface area contributed by atoms with Gasteiger partial charge < -0.3 is 25.2 Å². The number of nitrogens with two attached hydrogens (primary N) is 1. The van der Waals surface area contributed by atoms with Gasteiger partial charge in [0.15, 0.2) is 0 Å². The predicted octanol–water partition coefficient (Wildman–Crippen LogP) is 10.4. The van der Waals surface area contributed by atoms with E-state index in [1.54, 1.807) is 0 Å². The average molecular weight is 722 g/mol. The van der Waals surface area contributed by atoms with Crippen LogP contribution in [0.25, 0.3) is 0 Å². The van der Waals surface area contributed by atoms with Gasteiger partial charge >= 0.3 is 19.8 Å². The van der Waals surface area contributed by atoms with E-state index in [1.807, 2.05) is 0 Å². The summed E-state index contributed by atoms with van der Waals surface area (Å²) in [5, 5.41) is 8.87. The Morgan fingerprint density at radius 2 is 0.939 bits per heavy atom. The van der Waals surface area contributed by atoms with Crippen molar-refractivity contribution >= 4 is 19.8 Å². The van der Waals surface area contributed by atoms with Gasteiger partial charge in [0.2, 0.25) is 0 Å². The summed E-state index contributed by atoms with van der Waals surface area (Å²) in [5.74, 6) is -1.77. The number of carboxylic acid groups (broad SMARTS) is 1. The third kappa shape index (κ3) is 35.2. The lowest BCUT2D eigenvalue weighted by molar-refractivity contribution is -0.154. The van der Waals surface area contributed by atoms with Gasteiger partial charge in [0.1, 0.15) is 12.1 Å². The van der Waals surface area contributed by atoms with E-state index < -0.39 is 45.1 Å². The fourth-order valence-electron chi connectivity index (χ4n) is 5.72. The van der Waals surface area contributed by atoms with Crippen LogP contribution in [0.5, 0.6) is 0 Å². The second-order valence-electron chi connectivity index (χ2n) is 13.8. The summed E-state index contributed by atoms with van der Waals surface area (Å²) in [6.07, 6.45) is 32.9. The third-order valence-electron chi connectivity index (χ3n) is 8.89. The minimum atomic E-state index is -4.60. The van der Waals surface area contributed by atoms with Gasteiger partial charge in [0.25, 0.3) is 0 Å². The minimum absolute atomic E-state index is 0.0252. The molecule has 0 rings (SSSR count). The van der Waals surface area contributed by atoms with Crippen LogP contribution in [0.1, 0.15) is 194 Å². The van der Waals surface area contributed by atoms with Crippen LogP contribution in [-0.4, -0.2) is 60.5 Å². The number of aliphatic carboxylic acids is 1. The Kier molecular flexibility index (Phi) is 34.6. The number of phosphoric ester groups is 1. The molecule has 0 aromatic carbocycles.